The van der Waals surface area contributed by atoms with Crippen LogP contribution in [0.25, 0.3) is 0 Å². The van der Waals surface area contributed by atoms with E-state index in [9.17, 15) is 0 Å². The second kappa shape index (κ2) is 5.49. The Morgan fingerprint density at radius 2 is 2.00 bits per heavy atom. The maximum Gasteiger partial charge on any atom is 0.244 e. The number of piperidine rings is 1. The number of H-pyrrole nitrogens is 1. The number of nitrogens with one attached hydrogen (secondary N) is 1. The Hall–Kier alpha value is -1.10. The molecule has 0 bridgehead atoms. The predicted octanol–water partition coefficient (Wildman–Crippen LogP) is 1.96. The van der Waals surface area contributed by atoms with Gasteiger partial charge in [0.1, 0.15) is 5.82 Å². The van der Waals surface area contributed by atoms with Crippen LogP contribution in [-0.4, -0.2) is 34.3 Å². The van der Waals surface area contributed by atoms with Crippen LogP contribution in [0.2, 0.25) is 0 Å². The Morgan fingerprint density at radius 3 is 2.53 bits per heavy atom. The zero-order valence-corrected chi connectivity index (χ0v) is 12.6. The third kappa shape index (κ3) is 3.93. The second-order valence-corrected chi connectivity index (χ2v) is 7.00. The van der Waals surface area contributed by atoms with Gasteiger partial charge in [-0.05, 0) is 31.1 Å². The molecule has 5 nitrogen and oxygen atoms in total. The van der Waals surface area contributed by atoms with Gasteiger partial charge < -0.3 is 10.6 Å². The van der Waals surface area contributed by atoms with E-state index in [1.807, 2.05) is 0 Å². The van der Waals surface area contributed by atoms with E-state index < -0.39 is 0 Å². The Morgan fingerprint density at radius 1 is 1.37 bits per heavy atom. The van der Waals surface area contributed by atoms with Crippen LogP contribution in [0.5, 0.6) is 0 Å². The molecule has 0 aliphatic carbocycles. The molecule has 0 amide bonds. The summed E-state index contributed by atoms with van der Waals surface area (Å²) in [6, 6.07) is 0.297. The molecule has 2 rings (SSSR count). The number of nitrogens with two attached hydrogens (primary N) is 1. The Labute approximate surface area is 116 Å². The SMILES string of the molecule is CC(N)C1CCN(c2n[nH]c(CC(C)(C)C)n2)CC1. The number of nitrogens with zero attached hydrogens (tertiary/aromatic N) is 3. The molecule has 0 saturated carbocycles. The van der Waals surface area contributed by atoms with Gasteiger partial charge in [-0.3, -0.25) is 5.10 Å². The highest BCUT2D eigenvalue weighted by Gasteiger charge is 2.24. The van der Waals surface area contributed by atoms with Gasteiger partial charge in [0.15, 0.2) is 0 Å². The summed E-state index contributed by atoms with van der Waals surface area (Å²) in [4.78, 5) is 6.88. The van der Waals surface area contributed by atoms with Crippen LogP contribution in [0.1, 0.15) is 46.4 Å². The maximum absolute atomic E-state index is 5.97. The fourth-order valence-electron chi connectivity index (χ4n) is 2.63. The Balaban J connectivity index is 1.93. The molecule has 108 valence electrons. The molecule has 1 aliphatic heterocycles. The van der Waals surface area contributed by atoms with E-state index in [0.717, 1.165) is 44.1 Å². The van der Waals surface area contributed by atoms with Crippen LogP contribution in [0.4, 0.5) is 5.95 Å². The molecule has 1 saturated heterocycles. The standard InChI is InChI=1S/C14H27N5/c1-10(15)11-5-7-19(8-6-11)13-16-12(17-18-13)9-14(2,3)4/h10-11H,5-9,15H2,1-4H3,(H,16,17,18). The predicted molar refractivity (Wildman–Crippen MR) is 78.1 cm³/mol. The third-order valence-corrected chi connectivity index (χ3v) is 3.78. The van der Waals surface area contributed by atoms with Crippen LogP contribution in [0.3, 0.4) is 0 Å². The summed E-state index contributed by atoms with van der Waals surface area (Å²) in [5.41, 5.74) is 6.20. The van der Waals surface area contributed by atoms with Crippen molar-refractivity contribution in [3.05, 3.63) is 5.82 Å². The Kier molecular flexibility index (Phi) is 4.13. The molecule has 3 N–H and O–H groups in total. The van der Waals surface area contributed by atoms with Gasteiger partial charge in [-0.1, -0.05) is 20.8 Å². The molecule has 1 aliphatic rings. The molecule has 1 atom stereocenters. The van der Waals surface area contributed by atoms with Crippen LogP contribution >= 0.6 is 0 Å². The van der Waals surface area contributed by atoms with Gasteiger partial charge >= 0.3 is 0 Å². The topological polar surface area (TPSA) is 70.8 Å². The maximum atomic E-state index is 5.97. The first-order valence-electron chi connectivity index (χ1n) is 7.27. The first kappa shape index (κ1) is 14.3. The fourth-order valence-corrected chi connectivity index (χ4v) is 2.63. The van der Waals surface area contributed by atoms with Crippen molar-refractivity contribution in [2.75, 3.05) is 18.0 Å². The van der Waals surface area contributed by atoms with Crippen molar-refractivity contribution in [1.82, 2.24) is 15.2 Å². The summed E-state index contributed by atoms with van der Waals surface area (Å²) in [6.45, 7) is 10.8. The number of anilines is 1. The monoisotopic (exact) mass is 265 g/mol. The van der Waals surface area contributed by atoms with Gasteiger partial charge in [0.05, 0.1) is 0 Å². The lowest BCUT2D eigenvalue weighted by atomic mass is 9.91. The molecule has 2 heterocycles. The van der Waals surface area contributed by atoms with Gasteiger partial charge in [-0.2, -0.15) is 4.98 Å². The highest BCUT2D eigenvalue weighted by atomic mass is 15.4. The molecule has 1 unspecified atom stereocenters. The van der Waals surface area contributed by atoms with Crippen molar-refractivity contribution < 1.29 is 0 Å². The number of rotatable bonds is 3. The third-order valence-electron chi connectivity index (χ3n) is 3.78. The van der Waals surface area contributed by atoms with Crippen molar-refractivity contribution in [1.29, 1.82) is 0 Å². The van der Waals surface area contributed by atoms with E-state index in [1.54, 1.807) is 0 Å². The summed E-state index contributed by atoms with van der Waals surface area (Å²) in [7, 11) is 0. The van der Waals surface area contributed by atoms with E-state index in [1.165, 1.54) is 0 Å². The van der Waals surface area contributed by atoms with Gasteiger partial charge in [-0.25, -0.2) is 0 Å². The number of hydrogen-bond donors (Lipinski definition) is 2. The molecular formula is C14H27N5. The minimum absolute atomic E-state index is 0.235. The lowest BCUT2D eigenvalue weighted by Crippen LogP contribution is -2.40. The second-order valence-electron chi connectivity index (χ2n) is 7.00. The van der Waals surface area contributed by atoms with E-state index in [4.69, 9.17) is 5.73 Å². The van der Waals surface area contributed by atoms with Crippen LogP contribution in [0, 0.1) is 11.3 Å². The highest BCUT2D eigenvalue weighted by molar-refractivity contribution is 5.29. The summed E-state index contributed by atoms with van der Waals surface area (Å²) >= 11 is 0. The molecule has 5 heteroatoms. The normalized spacial score (nSPS) is 19.7. The van der Waals surface area contributed by atoms with Crippen molar-refractivity contribution in [2.45, 2.75) is 53.0 Å². The lowest BCUT2D eigenvalue weighted by molar-refractivity contribution is 0.352. The molecule has 19 heavy (non-hydrogen) atoms. The zero-order valence-electron chi connectivity index (χ0n) is 12.6. The van der Waals surface area contributed by atoms with E-state index in [0.29, 0.717) is 12.0 Å². The van der Waals surface area contributed by atoms with Crippen LogP contribution in [0.15, 0.2) is 0 Å². The molecular weight excluding hydrogens is 238 g/mol. The summed E-state index contributed by atoms with van der Waals surface area (Å²) in [5.74, 6) is 2.48. The van der Waals surface area contributed by atoms with Crippen molar-refractivity contribution in [3.8, 4) is 0 Å². The molecule has 1 aromatic rings. The number of hydrogen-bond acceptors (Lipinski definition) is 4. The molecule has 0 spiro atoms. The summed E-state index contributed by atoms with van der Waals surface area (Å²) in [6.07, 6.45) is 3.21. The van der Waals surface area contributed by atoms with E-state index in [2.05, 4.69) is 47.8 Å². The van der Waals surface area contributed by atoms with Crippen LogP contribution in [-0.2, 0) is 6.42 Å². The minimum Gasteiger partial charge on any atom is -0.340 e. The average Bonchev–Trinajstić information content (AvgIpc) is 2.75. The summed E-state index contributed by atoms with van der Waals surface area (Å²) < 4.78 is 0. The summed E-state index contributed by atoms with van der Waals surface area (Å²) in [5, 5.41) is 7.42. The van der Waals surface area contributed by atoms with E-state index >= 15 is 0 Å². The highest BCUT2D eigenvalue weighted by Crippen LogP contribution is 2.23. The molecule has 0 aromatic carbocycles. The average molecular weight is 265 g/mol. The zero-order chi connectivity index (χ0) is 14.0. The minimum atomic E-state index is 0.235. The van der Waals surface area contributed by atoms with Gasteiger partial charge in [0, 0.05) is 25.6 Å². The first-order chi connectivity index (χ1) is 8.85. The quantitative estimate of drug-likeness (QED) is 0.876. The van der Waals surface area contributed by atoms with Crippen molar-refractivity contribution >= 4 is 5.95 Å². The fraction of sp³-hybridized carbons (Fsp3) is 0.857. The van der Waals surface area contributed by atoms with Crippen LogP contribution < -0.4 is 10.6 Å². The van der Waals surface area contributed by atoms with Crippen molar-refractivity contribution in [2.24, 2.45) is 17.1 Å². The first-order valence-corrected chi connectivity index (χ1v) is 7.27. The van der Waals surface area contributed by atoms with Crippen molar-refractivity contribution in [3.63, 3.8) is 0 Å². The van der Waals surface area contributed by atoms with E-state index in [-0.39, 0.29) is 5.41 Å². The number of aromatic nitrogens is 3. The van der Waals surface area contributed by atoms with Gasteiger partial charge in [0.2, 0.25) is 5.95 Å². The lowest BCUT2D eigenvalue weighted by Gasteiger charge is -2.32. The molecule has 1 fully saturated rings. The van der Waals surface area contributed by atoms with Gasteiger partial charge in [0.25, 0.3) is 0 Å². The number of aromatic amines is 1. The molecule has 0 radical (unpaired) electrons. The van der Waals surface area contributed by atoms with Gasteiger partial charge in [-0.15, -0.1) is 5.10 Å². The molecule has 1 aromatic heterocycles. The Bertz CT molecular complexity index is 396. The largest absolute Gasteiger partial charge is 0.340 e. The smallest absolute Gasteiger partial charge is 0.244 e.